The van der Waals surface area contributed by atoms with E-state index in [0.717, 1.165) is 22.0 Å². The smallest absolute Gasteiger partial charge is 0.0991 e. The summed E-state index contributed by atoms with van der Waals surface area (Å²) in [5.74, 6) is 0. The minimum absolute atomic E-state index is 0.185. The SMILES string of the molecule is OC[C@@H]1[C@@H](O)[C@@H](O)[C@H](Cc2ccccc2)N1Cc1ccc2[nH]ccc2c1. The minimum atomic E-state index is -0.954. The maximum Gasteiger partial charge on any atom is 0.0991 e. The second kappa shape index (κ2) is 7.21. The van der Waals surface area contributed by atoms with Crippen molar-refractivity contribution in [2.75, 3.05) is 6.61 Å². The van der Waals surface area contributed by atoms with Gasteiger partial charge in [0.15, 0.2) is 0 Å². The van der Waals surface area contributed by atoms with Gasteiger partial charge in [0.1, 0.15) is 0 Å². The number of likely N-dealkylation sites (tertiary alicyclic amines) is 1. The van der Waals surface area contributed by atoms with Gasteiger partial charge in [-0.1, -0.05) is 36.4 Å². The highest BCUT2D eigenvalue weighted by atomic mass is 16.3. The molecule has 1 aliphatic rings. The van der Waals surface area contributed by atoms with Crippen LogP contribution in [0.5, 0.6) is 0 Å². The molecule has 0 radical (unpaired) electrons. The predicted octanol–water partition coefficient (Wildman–Crippen LogP) is 1.68. The van der Waals surface area contributed by atoms with Gasteiger partial charge in [0.05, 0.1) is 24.9 Å². The fourth-order valence-electron chi connectivity index (χ4n) is 4.05. The number of aromatic amines is 1. The average Bonchev–Trinajstić information content (AvgIpc) is 3.21. The van der Waals surface area contributed by atoms with Crippen LogP contribution in [0.3, 0.4) is 0 Å². The number of hydrogen-bond donors (Lipinski definition) is 4. The van der Waals surface area contributed by atoms with Crippen molar-refractivity contribution in [2.24, 2.45) is 0 Å². The van der Waals surface area contributed by atoms with Crippen molar-refractivity contribution < 1.29 is 15.3 Å². The largest absolute Gasteiger partial charge is 0.395 e. The lowest BCUT2D eigenvalue weighted by atomic mass is 10.0. The Morgan fingerprint density at radius 3 is 2.42 bits per heavy atom. The molecule has 0 spiro atoms. The molecule has 2 heterocycles. The molecule has 5 heteroatoms. The highest BCUT2D eigenvalue weighted by Crippen LogP contribution is 2.30. The monoisotopic (exact) mass is 352 g/mol. The Kier molecular flexibility index (Phi) is 4.78. The zero-order valence-electron chi connectivity index (χ0n) is 14.5. The van der Waals surface area contributed by atoms with Gasteiger partial charge in [0, 0.05) is 24.3 Å². The van der Waals surface area contributed by atoms with E-state index in [1.807, 2.05) is 59.6 Å². The van der Waals surface area contributed by atoms with E-state index in [2.05, 4.69) is 11.1 Å². The molecule has 4 N–H and O–H groups in total. The fourth-order valence-corrected chi connectivity index (χ4v) is 4.05. The Morgan fingerprint density at radius 1 is 0.885 bits per heavy atom. The molecule has 0 amide bonds. The first-order valence-electron chi connectivity index (χ1n) is 9.00. The zero-order valence-corrected chi connectivity index (χ0v) is 14.5. The third kappa shape index (κ3) is 3.15. The van der Waals surface area contributed by atoms with Crippen molar-refractivity contribution in [1.82, 2.24) is 9.88 Å². The van der Waals surface area contributed by atoms with E-state index >= 15 is 0 Å². The van der Waals surface area contributed by atoms with Crippen LogP contribution < -0.4 is 0 Å². The van der Waals surface area contributed by atoms with Crippen LogP contribution in [-0.4, -0.2) is 56.1 Å². The normalized spacial score (nSPS) is 26.6. The summed E-state index contributed by atoms with van der Waals surface area (Å²) in [6.45, 7) is 0.383. The summed E-state index contributed by atoms with van der Waals surface area (Å²) >= 11 is 0. The maximum absolute atomic E-state index is 10.6. The highest BCUT2D eigenvalue weighted by molar-refractivity contribution is 5.79. The van der Waals surface area contributed by atoms with E-state index < -0.39 is 18.2 Å². The van der Waals surface area contributed by atoms with Crippen molar-refractivity contribution >= 4 is 10.9 Å². The number of rotatable bonds is 5. The number of nitrogens with one attached hydrogen (secondary N) is 1. The van der Waals surface area contributed by atoms with E-state index in [1.54, 1.807) is 0 Å². The molecule has 0 saturated carbocycles. The van der Waals surface area contributed by atoms with E-state index in [1.165, 1.54) is 0 Å². The van der Waals surface area contributed by atoms with Gasteiger partial charge in [-0.2, -0.15) is 0 Å². The predicted molar refractivity (Wildman–Crippen MR) is 101 cm³/mol. The molecular weight excluding hydrogens is 328 g/mol. The first kappa shape index (κ1) is 17.2. The van der Waals surface area contributed by atoms with Gasteiger partial charge in [-0.05, 0) is 41.1 Å². The molecule has 26 heavy (non-hydrogen) atoms. The molecule has 1 aliphatic heterocycles. The summed E-state index contributed by atoms with van der Waals surface area (Å²) in [7, 11) is 0. The zero-order chi connectivity index (χ0) is 18.1. The van der Waals surface area contributed by atoms with Crippen molar-refractivity contribution in [3.8, 4) is 0 Å². The molecule has 1 aromatic heterocycles. The Balaban J connectivity index is 1.62. The van der Waals surface area contributed by atoms with Gasteiger partial charge < -0.3 is 20.3 Å². The lowest BCUT2D eigenvalue weighted by Gasteiger charge is -2.30. The molecule has 2 aromatic carbocycles. The topological polar surface area (TPSA) is 79.7 Å². The third-order valence-electron chi connectivity index (χ3n) is 5.45. The molecule has 5 nitrogen and oxygen atoms in total. The number of benzene rings is 2. The Bertz CT molecular complexity index is 864. The van der Waals surface area contributed by atoms with Crippen molar-refractivity contribution in [2.45, 2.75) is 37.3 Å². The van der Waals surface area contributed by atoms with Gasteiger partial charge in [-0.25, -0.2) is 0 Å². The Morgan fingerprint density at radius 2 is 1.65 bits per heavy atom. The fraction of sp³-hybridized carbons (Fsp3) is 0.333. The number of H-pyrrole nitrogens is 1. The number of hydrogen-bond acceptors (Lipinski definition) is 4. The number of nitrogens with zero attached hydrogens (tertiary/aromatic N) is 1. The van der Waals surface area contributed by atoms with Crippen LogP contribution in [0.1, 0.15) is 11.1 Å². The van der Waals surface area contributed by atoms with E-state index in [0.29, 0.717) is 13.0 Å². The Hall–Kier alpha value is -2.18. The molecule has 136 valence electrons. The van der Waals surface area contributed by atoms with Crippen molar-refractivity contribution in [3.63, 3.8) is 0 Å². The first-order chi connectivity index (χ1) is 12.7. The molecule has 4 rings (SSSR count). The quantitative estimate of drug-likeness (QED) is 0.563. The summed E-state index contributed by atoms with van der Waals surface area (Å²) in [6, 6.07) is 17.5. The number of aromatic nitrogens is 1. The van der Waals surface area contributed by atoms with E-state index in [4.69, 9.17) is 0 Å². The van der Waals surface area contributed by atoms with Crippen LogP contribution in [0.4, 0.5) is 0 Å². The van der Waals surface area contributed by atoms with Gasteiger partial charge in [0.2, 0.25) is 0 Å². The van der Waals surface area contributed by atoms with Crippen molar-refractivity contribution in [3.05, 3.63) is 71.9 Å². The standard InChI is InChI=1S/C21H24N2O3/c24-13-19-21(26)20(25)18(11-14-4-2-1-3-5-14)23(19)12-15-6-7-17-16(10-15)8-9-22-17/h1-10,18-22,24-26H,11-13H2/t18-,19+,20-,21+/m0/s1. The molecule has 0 aliphatic carbocycles. The molecule has 0 unspecified atom stereocenters. The molecule has 3 aromatic rings. The molecule has 1 fully saturated rings. The van der Waals surface area contributed by atoms with Crippen LogP contribution in [-0.2, 0) is 13.0 Å². The van der Waals surface area contributed by atoms with Crippen LogP contribution >= 0.6 is 0 Å². The van der Waals surface area contributed by atoms with E-state index in [-0.39, 0.29) is 12.6 Å². The second-order valence-electron chi connectivity index (χ2n) is 7.06. The number of aliphatic hydroxyl groups excluding tert-OH is 3. The van der Waals surface area contributed by atoms with Crippen LogP contribution in [0.15, 0.2) is 60.8 Å². The van der Waals surface area contributed by atoms with Gasteiger partial charge in [-0.3, -0.25) is 4.90 Å². The summed E-state index contributed by atoms with van der Waals surface area (Å²) < 4.78 is 0. The number of aliphatic hydroxyl groups is 3. The second-order valence-corrected chi connectivity index (χ2v) is 7.06. The summed E-state index contributed by atoms with van der Waals surface area (Å²) in [4.78, 5) is 5.22. The molecule has 0 bridgehead atoms. The molecular formula is C21H24N2O3. The first-order valence-corrected chi connectivity index (χ1v) is 9.00. The lowest BCUT2D eigenvalue weighted by Crippen LogP contribution is -2.41. The summed E-state index contributed by atoms with van der Waals surface area (Å²) in [5.41, 5.74) is 3.28. The highest BCUT2D eigenvalue weighted by Gasteiger charge is 2.46. The van der Waals surface area contributed by atoms with Gasteiger partial charge in [-0.15, -0.1) is 0 Å². The molecule has 4 atom stereocenters. The third-order valence-corrected chi connectivity index (χ3v) is 5.45. The minimum Gasteiger partial charge on any atom is -0.395 e. The van der Waals surface area contributed by atoms with Crippen molar-refractivity contribution in [1.29, 1.82) is 0 Å². The van der Waals surface area contributed by atoms with Crippen LogP contribution in [0.2, 0.25) is 0 Å². The maximum atomic E-state index is 10.6. The summed E-state index contributed by atoms with van der Waals surface area (Å²) in [6.07, 6.45) is 0.696. The van der Waals surface area contributed by atoms with Gasteiger partial charge >= 0.3 is 0 Å². The average molecular weight is 352 g/mol. The lowest BCUT2D eigenvalue weighted by molar-refractivity contribution is 0.0178. The van der Waals surface area contributed by atoms with Crippen LogP contribution in [0.25, 0.3) is 10.9 Å². The molecule has 1 saturated heterocycles. The van der Waals surface area contributed by atoms with Gasteiger partial charge in [0.25, 0.3) is 0 Å². The van der Waals surface area contributed by atoms with Crippen LogP contribution in [0, 0.1) is 0 Å². The van der Waals surface area contributed by atoms with E-state index in [9.17, 15) is 15.3 Å². The summed E-state index contributed by atoms with van der Waals surface area (Å²) in [5, 5.41) is 32.0. The number of fused-ring (bicyclic) bond motifs is 1. The Labute approximate surface area is 152 Å².